The van der Waals surface area contributed by atoms with E-state index in [1.807, 2.05) is 42.5 Å². The minimum Gasteiger partial charge on any atom is -0.748 e. The summed E-state index contributed by atoms with van der Waals surface area (Å²) in [6.45, 7) is 15.6. The first-order valence-corrected chi connectivity index (χ1v) is 16.4. The third kappa shape index (κ3) is 9.79. The standard InChI is InChI=1S/C29H33F6P2.C5H5.Fe/c1-19(37(26(2,3)4)27(5,6)7)24-9-8-10-25(24)36(22-15-11-20(12-16-22)28(30,31)32)23-17-13-21(14-18-23)29(33,34)35;1-2-4-5-3-1;/h8-19H,1-7H3;1-5H;/q-1;-5;. The van der Waals surface area contributed by atoms with Crippen LogP contribution in [0.4, 0.5) is 26.3 Å². The topological polar surface area (TPSA) is 0 Å². The molecule has 0 N–H and O–H groups in total. The molecule has 9 heteroatoms. The van der Waals surface area contributed by atoms with Gasteiger partial charge in [0.1, 0.15) is 0 Å². The van der Waals surface area contributed by atoms with E-state index in [4.69, 9.17) is 0 Å². The summed E-state index contributed by atoms with van der Waals surface area (Å²) in [7, 11) is -1.94. The van der Waals surface area contributed by atoms with Crippen molar-refractivity contribution in [3.05, 3.63) is 114 Å². The largest absolute Gasteiger partial charge is 0.748 e. The van der Waals surface area contributed by atoms with Gasteiger partial charge in [0.25, 0.3) is 0 Å². The summed E-state index contributed by atoms with van der Waals surface area (Å²) >= 11 is 0. The Morgan fingerprint density at radius 2 is 0.953 bits per heavy atom. The van der Waals surface area contributed by atoms with E-state index in [-0.39, 0.29) is 33.0 Å². The van der Waals surface area contributed by atoms with Gasteiger partial charge in [0.05, 0.1) is 11.1 Å². The van der Waals surface area contributed by atoms with Crippen LogP contribution in [-0.4, -0.2) is 10.3 Å². The summed E-state index contributed by atoms with van der Waals surface area (Å²) in [4.78, 5) is 0. The van der Waals surface area contributed by atoms with Crippen molar-refractivity contribution in [3.8, 4) is 0 Å². The van der Waals surface area contributed by atoms with Crippen LogP contribution in [0.1, 0.15) is 70.8 Å². The van der Waals surface area contributed by atoms with E-state index < -0.39 is 39.3 Å². The summed E-state index contributed by atoms with van der Waals surface area (Å²) in [5, 5.41) is 2.37. The number of alkyl halides is 6. The molecule has 0 heterocycles. The first kappa shape index (κ1) is 37.3. The van der Waals surface area contributed by atoms with Crippen LogP contribution < -0.4 is 15.9 Å². The summed E-state index contributed by atoms with van der Waals surface area (Å²) in [5.74, 6) is 0. The average Bonchev–Trinajstić information content (AvgIpc) is 3.58. The number of hydrogen-bond acceptors (Lipinski definition) is 0. The van der Waals surface area contributed by atoms with Crippen LogP contribution in [0, 0.1) is 0 Å². The van der Waals surface area contributed by atoms with Crippen LogP contribution in [0.25, 0.3) is 0 Å². The predicted octanol–water partition coefficient (Wildman–Crippen LogP) is 10.7. The molecule has 1 unspecified atom stereocenters. The predicted molar refractivity (Wildman–Crippen MR) is 168 cm³/mol. The molecule has 0 spiro atoms. The Labute approximate surface area is 265 Å². The zero-order valence-corrected chi connectivity index (χ0v) is 28.2. The Balaban J connectivity index is 0.000000973. The molecule has 0 nitrogen and oxygen atoms in total. The van der Waals surface area contributed by atoms with Gasteiger partial charge in [-0.2, -0.15) is 32.4 Å². The second-order valence-corrected chi connectivity index (χ2v) is 18.5. The van der Waals surface area contributed by atoms with Gasteiger partial charge >= 0.3 is 12.4 Å². The quantitative estimate of drug-likeness (QED) is 0.0853. The van der Waals surface area contributed by atoms with E-state index in [1.165, 1.54) is 24.3 Å². The molecule has 1 atom stereocenters. The van der Waals surface area contributed by atoms with Crippen LogP contribution in [0.3, 0.4) is 0 Å². The number of benzene rings is 2. The first-order chi connectivity index (χ1) is 19.3. The molecule has 240 valence electrons. The van der Waals surface area contributed by atoms with Crippen molar-refractivity contribution >= 4 is 31.8 Å². The van der Waals surface area contributed by atoms with E-state index >= 15 is 0 Å². The molecule has 0 aliphatic rings. The molecule has 0 bridgehead atoms. The van der Waals surface area contributed by atoms with Gasteiger partial charge in [-0.15, -0.1) is 18.8 Å². The van der Waals surface area contributed by atoms with Crippen LogP contribution >= 0.6 is 15.8 Å². The van der Waals surface area contributed by atoms with E-state index in [1.54, 1.807) is 0 Å². The Kier molecular flexibility index (Phi) is 12.5. The van der Waals surface area contributed by atoms with Crippen LogP contribution in [-0.2, 0) is 29.4 Å². The average molecular weight is 678 g/mol. The molecule has 4 aromatic carbocycles. The molecule has 4 rings (SSSR count). The molecule has 0 aromatic heterocycles. The molecule has 0 saturated carbocycles. The Morgan fingerprint density at radius 1 is 0.605 bits per heavy atom. The first-order valence-electron chi connectivity index (χ1n) is 13.7. The van der Waals surface area contributed by atoms with Crippen LogP contribution in [0.15, 0.2) is 97.1 Å². The van der Waals surface area contributed by atoms with E-state index in [9.17, 15) is 26.3 Å². The summed E-state index contributed by atoms with van der Waals surface area (Å²) in [6, 6.07) is 26.1. The van der Waals surface area contributed by atoms with Crippen molar-refractivity contribution in [3.63, 3.8) is 0 Å². The summed E-state index contributed by atoms with van der Waals surface area (Å²) in [5.41, 5.74) is -0.215. The molecular formula is C34H38F6FeP2-6. The van der Waals surface area contributed by atoms with Gasteiger partial charge < -0.3 is 30.3 Å². The van der Waals surface area contributed by atoms with Crippen molar-refractivity contribution in [2.45, 2.75) is 76.8 Å². The fourth-order valence-corrected chi connectivity index (χ4v) is 13.1. The Bertz CT molecular complexity index is 1280. The van der Waals surface area contributed by atoms with Gasteiger partial charge in [0, 0.05) is 17.1 Å². The maximum absolute atomic E-state index is 13.3. The third-order valence-corrected chi connectivity index (χ3v) is 13.3. The van der Waals surface area contributed by atoms with E-state index in [0.717, 1.165) is 35.1 Å². The monoisotopic (exact) mass is 678 g/mol. The second-order valence-electron chi connectivity index (χ2n) is 12.1. The molecular weight excluding hydrogens is 640 g/mol. The molecule has 43 heavy (non-hydrogen) atoms. The number of halogens is 6. The smallest absolute Gasteiger partial charge is 0.416 e. The number of hydrogen-bond donors (Lipinski definition) is 0. The minimum absolute atomic E-state index is 0. The maximum Gasteiger partial charge on any atom is 0.416 e. The van der Waals surface area contributed by atoms with Crippen LogP contribution in [0.5, 0.6) is 0 Å². The van der Waals surface area contributed by atoms with Gasteiger partial charge in [-0.25, -0.2) is 12.1 Å². The zero-order chi connectivity index (χ0) is 31.5. The van der Waals surface area contributed by atoms with Crippen LogP contribution in [0.2, 0.25) is 0 Å². The zero-order valence-electron chi connectivity index (χ0n) is 25.3. The second kappa shape index (κ2) is 14.5. The van der Waals surface area contributed by atoms with Crippen molar-refractivity contribution < 1.29 is 43.4 Å². The Morgan fingerprint density at radius 3 is 1.26 bits per heavy atom. The van der Waals surface area contributed by atoms with Gasteiger partial charge in [-0.05, 0) is 58.8 Å². The third-order valence-electron chi connectivity index (χ3n) is 6.81. The minimum atomic E-state index is -4.47. The fraction of sp³-hybridized carbons (Fsp3) is 0.353. The molecule has 0 radical (unpaired) electrons. The van der Waals surface area contributed by atoms with Gasteiger partial charge in [0.15, 0.2) is 0 Å². The SMILES string of the molecule is CC([c-]1cccc1P(c1ccc(C(F)(F)F)cc1)c1ccc(C(F)(F)F)cc1)P(C(C)(C)C)C(C)(C)C.[Fe].[cH-]1[cH-][cH-][cH-][cH-]1. The normalized spacial score (nSPS) is 13.4. The van der Waals surface area contributed by atoms with Gasteiger partial charge in [-0.1, -0.05) is 72.7 Å². The van der Waals surface area contributed by atoms with E-state index in [0.29, 0.717) is 10.6 Å². The van der Waals surface area contributed by atoms with Crippen molar-refractivity contribution in [2.75, 3.05) is 0 Å². The van der Waals surface area contributed by atoms with E-state index in [2.05, 4.69) is 54.5 Å². The summed E-state index contributed by atoms with van der Waals surface area (Å²) < 4.78 is 79.5. The van der Waals surface area contributed by atoms with Crippen molar-refractivity contribution in [2.24, 2.45) is 0 Å². The van der Waals surface area contributed by atoms with Gasteiger partial charge in [0.2, 0.25) is 0 Å². The summed E-state index contributed by atoms with van der Waals surface area (Å²) in [6.07, 6.45) is -8.93. The molecule has 4 aromatic rings. The maximum atomic E-state index is 13.3. The number of rotatable bonds is 5. The van der Waals surface area contributed by atoms with Crippen molar-refractivity contribution in [1.82, 2.24) is 0 Å². The fourth-order valence-electron chi connectivity index (χ4n) is 5.64. The molecule has 0 fully saturated rings. The molecule has 0 aliphatic heterocycles. The van der Waals surface area contributed by atoms with Crippen molar-refractivity contribution in [1.29, 1.82) is 0 Å². The van der Waals surface area contributed by atoms with Gasteiger partial charge in [-0.3, -0.25) is 0 Å². The molecule has 0 saturated heterocycles. The molecule has 0 amide bonds. The Hall–Kier alpha value is -1.90. The molecule has 0 aliphatic carbocycles.